The highest BCUT2D eigenvalue weighted by atomic mass is 16.5. The van der Waals surface area contributed by atoms with Crippen molar-refractivity contribution in [3.05, 3.63) is 0 Å². The number of urea groups is 1. The van der Waals surface area contributed by atoms with Gasteiger partial charge in [-0.2, -0.15) is 0 Å². The second-order valence-electron chi connectivity index (χ2n) is 8.45. The van der Waals surface area contributed by atoms with E-state index < -0.39 is 0 Å². The van der Waals surface area contributed by atoms with Gasteiger partial charge in [-0.05, 0) is 76.0 Å². The summed E-state index contributed by atoms with van der Waals surface area (Å²) in [4.78, 5) is 14.9. The van der Waals surface area contributed by atoms with Crippen molar-refractivity contribution >= 4 is 6.03 Å². The van der Waals surface area contributed by atoms with Gasteiger partial charge in [0.2, 0.25) is 0 Å². The molecule has 0 aromatic heterocycles. The molecule has 4 rings (SSSR count). The summed E-state index contributed by atoms with van der Waals surface area (Å²) in [6.45, 7) is 3.88. The minimum Gasteiger partial charge on any atom is -0.376 e. The first kappa shape index (κ1) is 15.7. The lowest BCUT2D eigenvalue weighted by Crippen LogP contribution is -2.49. The smallest absolute Gasteiger partial charge is 0.317 e. The number of amides is 2. The molecule has 0 spiro atoms. The Bertz CT molecular complexity index is 435. The standard InChI is InChI=1S/C19H32N2O2/c1-13(18-5-3-9-23-18)20-19(22)21-8-2-4-17(21)12-16-11-14-6-7-15(16)10-14/h13-18H,2-12H2,1H3,(H,20,22). The average molecular weight is 320 g/mol. The molecule has 0 radical (unpaired) electrons. The van der Waals surface area contributed by atoms with Crippen LogP contribution in [0, 0.1) is 17.8 Å². The molecule has 2 bridgehead atoms. The largest absolute Gasteiger partial charge is 0.376 e. The molecule has 23 heavy (non-hydrogen) atoms. The predicted molar refractivity (Wildman–Crippen MR) is 90.3 cm³/mol. The summed E-state index contributed by atoms with van der Waals surface area (Å²) in [5.74, 6) is 2.87. The molecule has 2 aliphatic carbocycles. The van der Waals surface area contributed by atoms with Crippen LogP contribution in [0.25, 0.3) is 0 Å². The van der Waals surface area contributed by atoms with E-state index >= 15 is 0 Å². The zero-order valence-electron chi connectivity index (χ0n) is 14.5. The van der Waals surface area contributed by atoms with E-state index in [-0.39, 0.29) is 18.2 Å². The number of rotatable bonds is 4. The van der Waals surface area contributed by atoms with Gasteiger partial charge < -0.3 is 15.0 Å². The van der Waals surface area contributed by atoms with Crippen molar-refractivity contribution < 1.29 is 9.53 Å². The van der Waals surface area contributed by atoms with Crippen LogP contribution < -0.4 is 5.32 Å². The van der Waals surface area contributed by atoms with Gasteiger partial charge in [-0.1, -0.05) is 6.42 Å². The number of likely N-dealkylation sites (tertiary alicyclic amines) is 1. The lowest BCUT2D eigenvalue weighted by atomic mass is 9.84. The Labute approximate surface area is 140 Å². The Kier molecular flexibility index (Phi) is 4.53. The average Bonchev–Trinajstić information content (AvgIpc) is 3.32. The molecule has 2 amide bonds. The van der Waals surface area contributed by atoms with E-state index in [0.29, 0.717) is 6.04 Å². The van der Waals surface area contributed by atoms with E-state index in [4.69, 9.17) is 4.74 Å². The number of carbonyl (C=O) groups is 1. The minimum atomic E-state index is 0.133. The molecule has 4 nitrogen and oxygen atoms in total. The predicted octanol–water partition coefficient (Wildman–Crippen LogP) is 3.55. The summed E-state index contributed by atoms with van der Waals surface area (Å²) in [6.07, 6.45) is 11.9. The van der Waals surface area contributed by atoms with Gasteiger partial charge in [0.25, 0.3) is 0 Å². The molecular formula is C19H32N2O2. The SMILES string of the molecule is CC(NC(=O)N1CCCC1CC1CC2CCC1C2)C1CCCO1. The van der Waals surface area contributed by atoms with E-state index in [1.807, 2.05) is 0 Å². The van der Waals surface area contributed by atoms with Crippen molar-refractivity contribution in [2.24, 2.45) is 17.8 Å². The normalized spacial score (nSPS) is 40.7. The third kappa shape index (κ3) is 3.24. The van der Waals surface area contributed by atoms with Gasteiger partial charge in [-0.25, -0.2) is 4.79 Å². The number of hydrogen-bond acceptors (Lipinski definition) is 2. The molecule has 6 atom stereocenters. The quantitative estimate of drug-likeness (QED) is 0.860. The molecular weight excluding hydrogens is 288 g/mol. The summed E-state index contributed by atoms with van der Waals surface area (Å²) < 4.78 is 5.71. The van der Waals surface area contributed by atoms with E-state index in [1.54, 1.807) is 0 Å². The highest BCUT2D eigenvalue weighted by Gasteiger charge is 2.42. The summed E-state index contributed by atoms with van der Waals surface area (Å²) >= 11 is 0. The molecule has 1 N–H and O–H groups in total. The minimum absolute atomic E-state index is 0.133. The van der Waals surface area contributed by atoms with E-state index in [2.05, 4.69) is 17.1 Å². The molecule has 4 aliphatic rings. The van der Waals surface area contributed by atoms with Crippen molar-refractivity contribution in [1.29, 1.82) is 0 Å². The first-order chi connectivity index (χ1) is 11.2. The van der Waals surface area contributed by atoms with Gasteiger partial charge in [-0.3, -0.25) is 0 Å². The molecule has 2 aliphatic heterocycles. The molecule has 6 unspecified atom stereocenters. The van der Waals surface area contributed by atoms with Crippen molar-refractivity contribution in [1.82, 2.24) is 10.2 Å². The number of fused-ring (bicyclic) bond motifs is 2. The van der Waals surface area contributed by atoms with Crippen molar-refractivity contribution in [3.8, 4) is 0 Å². The Balaban J connectivity index is 1.31. The van der Waals surface area contributed by atoms with Crippen LogP contribution >= 0.6 is 0 Å². The first-order valence-electron chi connectivity index (χ1n) is 9.89. The van der Waals surface area contributed by atoms with E-state index in [0.717, 1.165) is 43.7 Å². The highest BCUT2D eigenvalue weighted by molar-refractivity contribution is 5.75. The fraction of sp³-hybridized carbons (Fsp3) is 0.947. The first-order valence-corrected chi connectivity index (χ1v) is 9.89. The number of ether oxygens (including phenoxy) is 1. The van der Waals surface area contributed by atoms with Crippen LogP contribution in [0.4, 0.5) is 4.79 Å². The summed E-state index contributed by atoms with van der Waals surface area (Å²) in [5.41, 5.74) is 0. The molecule has 4 heteroatoms. The highest BCUT2D eigenvalue weighted by Crippen LogP contribution is 2.50. The second-order valence-corrected chi connectivity index (χ2v) is 8.45. The maximum Gasteiger partial charge on any atom is 0.317 e. The number of nitrogens with one attached hydrogen (secondary N) is 1. The lowest BCUT2D eigenvalue weighted by molar-refractivity contribution is 0.0823. The fourth-order valence-electron chi connectivity index (χ4n) is 5.73. The molecule has 4 fully saturated rings. The van der Waals surface area contributed by atoms with Crippen LogP contribution in [0.2, 0.25) is 0 Å². The van der Waals surface area contributed by atoms with Crippen LogP contribution in [0.1, 0.15) is 64.7 Å². The van der Waals surface area contributed by atoms with Gasteiger partial charge >= 0.3 is 6.03 Å². The summed E-state index contributed by atoms with van der Waals surface area (Å²) in [7, 11) is 0. The van der Waals surface area contributed by atoms with Gasteiger partial charge in [0, 0.05) is 19.2 Å². The molecule has 0 aromatic rings. The van der Waals surface area contributed by atoms with Gasteiger partial charge in [0.15, 0.2) is 0 Å². The van der Waals surface area contributed by atoms with Crippen LogP contribution in [-0.4, -0.2) is 42.3 Å². The Morgan fingerprint density at radius 3 is 2.83 bits per heavy atom. The molecule has 130 valence electrons. The molecule has 2 saturated carbocycles. The fourth-order valence-corrected chi connectivity index (χ4v) is 5.73. The van der Waals surface area contributed by atoms with Crippen LogP contribution in [0.3, 0.4) is 0 Å². The third-order valence-electron chi connectivity index (χ3n) is 6.97. The second kappa shape index (κ2) is 6.62. The van der Waals surface area contributed by atoms with E-state index in [1.165, 1.54) is 44.9 Å². The van der Waals surface area contributed by atoms with Gasteiger partial charge in [0.1, 0.15) is 0 Å². The van der Waals surface area contributed by atoms with Crippen LogP contribution in [-0.2, 0) is 4.74 Å². The number of nitrogens with zero attached hydrogens (tertiary/aromatic N) is 1. The van der Waals surface area contributed by atoms with Crippen molar-refractivity contribution in [2.75, 3.05) is 13.2 Å². The van der Waals surface area contributed by atoms with E-state index in [9.17, 15) is 4.79 Å². The van der Waals surface area contributed by atoms with Crippen molar-refractivity contribution in [2.45, 2.75) is 82.9 Å². The lowest BCUT2D eigenvalue weighted by Gasteiger charge is -2.32. The van der Waals surface area contributed by atoms with Gasteiger partial charge in [-0.15, -0.1) is 0 Å². The molecule has 0 aromatic carbocycles. The van der Waals surface area contributed by atoms with Crippen LogP contribution in [0.15, 0.2) is 0 Å². The van der Waals surface area contributed by atoms with Crippen molar-refractivity contribution in [3.63, 3.8) is 0 Å². The zero-order chi connectivity index (χ0) is 15.8. The monoisotopic (exact) mass is 320 g/mol. The summed E-state index contributed by atoms with van der Waals surface area (Å²) in [5, 5.41) is 3.21. The Morgan fingerprint density at radius 2 is 2.13 bits per heavy atom. The van der Waals surface area contributed by atoms with Crippen LogP contribution in [0.5, 0.6) is 0 Å². The Hall–Kier alpha value is -0.770. The molecule has 2 saturated heterocycles. The maximum absolute atomic E-state index is 12.7. The topological polar surface area (TPSA) is 41.6 Å². The molecule has 2 heterocycles. The number of hydrogen-bond donors (Lipinski definition) is 1. The number of carbonyl (C=O) groups excluding carboxylic acids is 1. The zero-order valence-corrected chi connectivity index (χ0v) is 14.5. The Morgan fingerprint density at radius 1 is 1.22 bits per heavy atom. The summed E-state index contributed by atoms with van der Waals surface area (Å²) in [6, 6.07) is 0.767. The van der Waals surface area contributed by atoms with Gasteiger partial charge in [0.05, 0.1) is 12.1 Å². The third-order valence-corrected chi connectivity index (χ3v) is 6.97. The maximum atomic E-state index is 12.7.